The molecule has 5 heteroatoms. The van der Waals surface area contributed by atoms with Crippen molar-refractivity contribution in [2.45, 2.75) is 13.8 Å². The molecule has 3 aromatic rings. The summed E-state index contributed by atoms with van der Waals surface area (Å²) in [6.07, 6.45) is 0. The first-order valence-corrected chi connectivity index (χ1v) is 6.53. The predicted octanol–water partition coefficient (Wildman–Crippen LogP) is 3.43. The van der Waals surface area contributed by atoms with E-state index < -0.39 is 0 Å². The zero-order chi connectivity index (χ0) is 11.1. The minimum atomic E-state index is 0.963. The molecule has 0 aliphatic rings. The molecule has 0 amide bonds. The predicted molar refractivity (Wildman–Crippen MR) is 68.0 cm³/mol. The van der Waals surface area contributed by atoms with Crippen molar-refractivity contribution >= 4 is 32.9 Å². The highest BCUT2D eigenvalue weighted by atomic mass is 32.1. The molecule has 0 aliphatic heterocycles. The lowest BCUT2D eigenvalue weighted by molar-refractivity contribution is 1.05. The molecular weight excluding hydrogens is 238 g/mol. The van der Waals surface area contributed by atoms with Gasteiger partial charge in [0.2, 0.25) is 0 Å². The minimum Gasteiger partial charge on any atom is -0.241 e. The summed E-state index contributed by atoms with van der Waals surface area (Å²) in [4.78, 5) is 4.48. The molecule has 2 heterocycles. The van der Waals surface area contributed by atoms with Crippen LogP contribution in [0.25, 0.3) is 20.8 Å². The fourth-order valence-electron chi connectivity index (χ4n) is 1.59. The number of hydrogen-bond donors (Lipinski definition) is 0. The zero-order valence-electron chi connectivity index (χ0n) is 8.89. The van der Waals surface area contributed by atoms with Gasteiger partial charge >= 0.3 is 0 Å². The molecule has 0 N–H and O–H groups in total. The average Bonchev–Trinajstić information content (AvgIpc) is 2.81. The van der Waals surface area contributed by atoms with Gasteiger partial charge in [0.25, 0.3) is 0 Å². The summed E-state index contributed by atoms with van der Waals surface area (Å²) in [6.45, 7) is 3.99. The van der Waals surface area contributed by atoms with Gasteiger partial charge in [-0.2, -0.15) is 0 Å². The van der Waals surface area contributed by atoms with Gasteiger partial charge < -0.3 is 0 Å². The van der Waals surface area contributed by atoms with Crippen LogP contribution in [0.3, 0.4) is 0 Å². The Hall–Kier alpha value is -1.33. The monoisotopic (exact) mass is 247 g/mol. The first-order chi connectivity index (χ1) is 7.72. The van der Waals surface area contributed by atoms with E-state index in [1.165, 1.54) is 4.70 Å². The van der Waals surface area contributed by atoms with Gasteiger partial charge in [-0.3, -0.25) is 0 Å². The van der Waals surface area contributed by atoms with E-state index in [2.05, 4.69) is 33.4 Å². The van der Waals surface area contributed by atoms with E-state index >= 15 is 0 Å². The van der Waals surface area contributed by atoms with Gasteiger partial charge in [0, 0.05) is 5.56 Å². The number of aromatic nitrogens is 3. The molecule has 3 nitrogen and oxygen atoms in total. The number of fused-ring (bicyclic) bond motifs is 1. The molecule has 0 saturated heterocycles. The summed E-state index contributed by atoms with van der Waals surface area (Å²) in [7, 11) is 0. The zero-order valence-corrected chi connectivity index (χ0v) is 10.5. The molecular formula is C11H9N3S2. The summed E-state index contributed by atoms with van der Waals surface area (Å²) in [5.74, 6) is 0. The largest absolute Gasteiger partial charge is 0.241 e. The SMILES string of the molecule is Cc1nnc(-c2ccc3sc(C)nc3c2)s1. The van der Waals surface area contributed by atoms with E-state index in [0.717, 1.165) is 26.1 Å². The molecule has 0 unspecified atom stereocenters. The fraction of sp³-hybridized carbons (Fsp3) is 0.182. The van der Waals surface area contributed by atoms with Gasteiger partial charge in [0.15, 0.2) is 0 Å². The summed E-state index contributed by atoms with van der Waals surface area (Å²) < 4.78 is 1.22. The molecule has 0 saturated carbocycles. The van der Waals surface area contributed by atoms with E-state index in [9.17, 15) is 0 Å². The molecule has 16 heavy (non-hydrogen) atoms. The molecule has 1 aromatic carbocycles. The smallest absolute Gasteiger partial charge is 0.147 e. The van der Waals surface area contributed by atoms with Crippen molar-refractivity contribution in [3.05, 3.63) is 28.2 Å². The van der Waals surface area contributed by atoms with Crippen LogP contribution in [0.2, 0.25) is 0 Å². The van der Waals surface area contributed by atoms with E-state index in [1.54, 1.807) is 22.7 Å². The third-order valence-electron chi connectivity index (χ3n) is 2.27. The van der Waals surface area contributed by atoms with Crippen LogP contribution in [0.1, 0.15) is 10.0 Å². The Morgan fingerprint density at radius 3 is 2.62 bits per heavy atom. The van der Waals surface area contributed by atoms with Gasteiger partial charge in [-0.15, -0.1) is 21.5 Å². The van der Waals surface area contributed by atoms with Crippen molar-refractivity contribution in [1.29, 1.82) is 0 Å². The normalized spacial score (nSPS) is 11.1. The van der Waals surface area contributed by atoms with Crippen LogP contribution >= 0.6 is 22.7 Å². The third kappa shape index (κ3) is 1.62. The van der Waals surface area contributed by atoms with Gasteiger partial charge in [0.1, 0.15) is 10.0 Å². The number of thiazole rings is 1. The highest BCUT2D eigenvalue weighted by molar-refractivity contribution is 7.18. The van der Waals surface area contributed by atoms with Crippen LogP contribution in [0, 0.1) is 13.8 Å². The van der Waals surface area contributed by atoms with Crippen molar-refractivity contribution in [3.8, 4) is 10.6 Å². The molecule has 3 rings (SSSR count). The van der Waals surface area contributed by atoms with Crippen LogP contribution in [0.4, 0.5) is 0 Å². The molecule has 0 atom stereocenters. The average molecular weight is 247 g/mol. The number of benzene rings is 1. The highest BCUT2D eigenvalue weighted by Crippen LogP contribution is 2.28. The van der Waals surface area contributed by atoms with Gasteiger partial charge in [-0.05, 0) is 26.0 Å². The Morgan fingerprint density at radius 2 is 1.88 bits per heavy atom. The molecule has 0 radical (unpaired) electrons. The van der Waals surface area contributed by atoms with Crippen molar-refractivity contribution in [2.75, 3.05) is 0 Å². The molecule has 2 aromatic heterocycles. The molecule has 0 spiro atoms. The maximum Gasteiger partial charge on any atom is 0.147 e. The number of aryl methyl sites for hydroxylation is 2. The summed E-state index contributed by atoms with van der Waals surface area (Å²) in [5.41, 5.74) is 2.15. The van der Waals surface area contributed by atoms with Gasteiger partial charge in [-0.25, -0.2) is 4.98 Å². The van der Waals surface area contributed by atoms with Gasteiger partial charge in [0.05, 0.1) is 15.2 Å². The van der Waals surface area contributed by atoms with E-state index in [4.69, 9.17) is 0 Å². The van der Waals surface area contributed by atoms with Crippen molar-refractivity contribution < 1.29 is 0 Å². The second kappa shape index (κ2) is 3.61. The van der Waals surface area contributed by atoms with Crippen LogP contribution in [-0.4, -0.2) is 15.2 Å². The first kappa shape index (κ1) is 9.86. The Kier molecular flexibility index (Phi) is 2.22. The van der Waals surface area contributed by atoms with E-state index in [1.807, 2.05) is 13.8 Å². The summed E-state index contributed by atoms with van der Waals surface area (Å²) in [6, 6.07) is 6.27. The summed E-state index contributed by atoms with van der Waals surface area (Å²) >= 11 is 3.33. The molecule has 0 fully saturated rings. The third-order valence-corrected chi connectivity index (χ3v) is 4.11. The van der Waals surface area contributed by atoms with Crippen LogP contribution in [0.5, 0.6) is 0 Å². The number of rotatable bonds is 1. The maximum atomic E-state index is 4.48. The molecule has 0 bridgehead atoms. The lowest BCUT2D eigenvalue weighted by Crippen LogP contribution is -1.77. The fourth-order valence-corrected chi connectivity index (χ4v) is 3.08. The van der Waals surface area contributed by atoms with Crippen LogP contribution in [0.15, 0.2) is 18.2 Å². The van der Waals surface area contributed by atoms with Crippen molar-refractivity contribution in [1.82, 2.24) is 15.2 Å². The highest BCUT2D eigenvalue weighted by Gasteiger charge is 2.06. The van der Waals surface area contributed by atoms with E-state index in [-0.39, 0.29) is 0 Å². The Labute approximate surface area is 101 Å². The minimum absolute atomic E-state index is 0.963. The first-order valence-electron chi connectivity index (χ1n) is 4.90. The van der Waals surface area contributed by atoms with Crippen molar-refractivity contribution in [3.63, 3.8) is 0 Å². The second-order valence-electron chi connectivity index (χ2n) is 3.54. The lowest BCUT2D eigenvalue weighted by atomic mass is 10.2. The van der Waals surface area contributed by atoms with Crippen LogP contribution in [-0.2, 0) is 0 Å². The van der Waals surface area contributed by atoms with Crippen molar-refractivity contribution in [2.24, 2.45) is 0 Å². The Morgan fingerprint density at radius 1 is 1.00 bits per heavy atom. The quantitative estimate of drug-likeness (QED) is 0.661. The van der Waals surface area contributed by atoms with E-state index in [0.29, 0.717) is 0 Å². The Bertz CT molecular complexity index is 654. The lowest BCUT2D eigenvalue weighted by Gasteiger charge is -1.94. The molecule has 80 valence electrons. The number of nitrogens with zero attached hydrogens (tertiary/aromatic N) is 3. The maximum absolute atomic E-state index is 4.48. The Balaban J connectivity index is 2.17. The summed E-state index contributed by atoms with van der Waals surface area (Å²) in [5, 5.41) is 11.2. The van der Waals surface area contributed by atoms with Crippen LogP contribution < -0.4 is 0 Å². The standard InChI is InChI=1S/C11H9N3S2/c1-6-12-9-5-8(3-4-10(9)15-6)11-14-13-7(2)16-11/h3-5H,1-2H3. The number of hydrogen-bond acceptors (Lipinski definition) is 5. The molecule has 0 aliphatic carbocycles. The van der Waals surface area contributed by atoms with Gasteiger partial charge in [-0.1, -0.05) is 17.4 Å². The topological polar surface area (TPSA) is 38.7 Å². The second-order valence-corrected chi connectivity index (χ2v) is 5.96.